The van der Waals surface area contributed by atoms with Crippen molar-refractivity contribution in [2.24, 2.45) is 5.73 Å². The summed E-state index contributed by atoms with van der Waals surface area (Å²) in [6, 6.07) is 1.94. The van der Waals surface area contributed by atoms with Gasteiger partial charge < -0.3 is 15.3 Å². The lowest BCUT2D eigenvalue weighted by Gasteiger charge is -2.34. The summed E-state index contributed by atoms with van der Waals surface area (Å²) in [7, 11) is 0. The molecule has 0 radical (unpaired) electrons. The Labute approximate surface area is 94.4 Å². The van der Waals surface area contributed by atoms with Crippen molar-refractivity contribution in [1.29, 1.82) is 0 Å². The van der Waals surface area contributed by atoms with Gasteiger partial charge in [0.05, 0.1) is 6.26 Å². The normalized spacial score (nSPS) is 30.2. The largest absolute Gasteiger partial charge is 0.480 e. The van der Waals surface area contributed by atoms with Crippen molar-refractivity contribution in [2.75, 3.05) is 0 Å². The average Bonchev–Trinajstić information content (AvgIpc) is 2.66. The Morgan fingerprint density at radius 1 is 1.56 bits per heavy atom. The van der Waals surface area contributed by atoms with Gasteiger partial charge in [-0.3, -0.25) is 4.79 Å². The summed E-state index contributed by atoms with van der Waals surface area (Å²) >= 11 is 0. The third-order valence-corrected chi connectivity index (χ3v) is 3.59. The van der Waals surface area contributed by atoms with E-state index in [1.165, 1.54) is 0 Å². The lowest BCUT2D eigenvalue weighted by atomic mass is 9.70. The van der Waals surface area contributed by atoms with E-state index >= 15 is 0 Å². The van der Waals surface area contributed by atoms with Crippen LogP contribution >= 0.6 is 0 Å². The van der Waals surface area contributed by atoms with Crippen LogP contribution in [-0.4, -0.2) is 17.1 Å². The molecular weight excluding hydrogens is 206 g/mol. The van der Waals surface area contributed by atoms with Gasteiger partial charge >= 0.3 is 5.97 Å². The molecule has 0 spiro atoms. The fourth-order valence-corrected chi connectivity index (χ4v) is 2.53. The smallest absolute Gasteiger partial charge is 0.317 e. The number of furan rings is 1. The molecule has 1 fully saturated rings. The van der Waals surface area contributed by atoms with Crippen molar-refractivity contribution in [3.63, 3.8) is 0 Å². The van der Waals surface area contributed by atoms with Crippen LogP contribution in [0.5, 0.6) is 0 Å². The predicted octanol–water partition coefficient (Wildman–Crippen LogP) is 1.81. The highest BCUT2D eigenvalue weighted by atomic mass is 16.4. The van der Waals surface area contributed by atoms with Crippen LogP contribution in [0.2, 0.25) is 0 Å². The Kier molecular flexibility index (Phi) is 2.76. The molecule has 2 rings (SSSR count). The Morgan fingerprint density at radius 2 is 2.19 bits per heavy atom. The lowest BCUT2D eigenvalue weighted by Crippen LogP contribution is -2.43. The minimum absolute atomic E-state index is 0.128. The van der Waals surface area contributed by atoms with Crippen LogP contribution in [-0.2, 0) is 10.2 Å². The second-order valence-corrected chi connectivity index (χ2v) is 4.66. The number of rotatable bonds is 2. The van der Waals surface area contributed by atoms with Crippen LogP contribution in [0.3, 0.4) is 0 Å². The summed E-state index contributed by atoms with van der Waals surface area (Å²) in [6.45, 7) is 1.89. The third-order valence-electron chi connectivity index (χ3n) is 3.59. The van der Waals surface area contributed by atoms with Gasteiger partial charge in [-0.05, 0) is 44.2 Å². The number of hydrogen-bond acceptors (Lipinski definition) is 3. The molecule has 1 heterocycles. The Hall–Kier alpha value is -1.29. The molecule has 1 aromatic rings. The van der Waals surface area contributed by atoms with Crippen molar-refractivity contribution in [3.8, 4) is 0 Å². The van der Waals surface area contributed by atoms with Crippen LogP contribution in [0.4, 0.5) is 0 Å². The van der Waals surface area contributed by atoms with E-state index in [2.05, 4.69) is 0 Å². The number of hydrogen-bond donors (Lipinski definition) is 2. The molecule has 0 unspecified atom stereocenters. The van der Waals surface area contributed by atoms with Gasteiger partial charge in [0.1, 0.15) is 11.2 Å². The number of carbonyl (C=O) groups is 1. The van der Waals surface area contributed by atoms with Crippen molar-refractivity contribution in [1.82, 2.24) is 0 Å². The van der Waals surface area contributed by atoms with Gasteiger partial charge in [0.25, 0.3) is 0 Å². The highest BCUT2D eigenvalue weighted by molar-refractivity contribution is 5.81. The molecule has 0 aliphatic heterocycles. The monoisotopic (exact) mass is 223 g/mol. The average molecular weight is 223 g/mol. The standard InChI is InChI=1S/C12H17NO3/c1-8-4-7-16-10(8)12(11(14)15)5-2-9(13)3-6-12/h4,7,9H,2-3,5-6,13H2,1H3,(H,14,15). The van der Waals surface area contributed by atoms with E-state index < -0.39 is 11.4 Å². The predicted molar refractivity (Wildman–Crippen MR) is 59.2 cm³/mol. The van der Waals surface area contributed by atoms with E-state index in [-0.39, 0.29) is 6.04 Å². The Morgan fingerprint density at radius 3 is 2.62 bits per heavy atom. The molecule has 16 heavy (non-hydrogen) atoms. The molecule has 1 aliphatic carbocycles. The van der Waals surface area contributed by atoms with Crippen molar-refractivity contribution in [2.45, 2.75) is 44.1 Å². The van der Waals surface area contributed by atoms with E-state index in [1.807, 2.05) is 13.0 Å². The highest BCUT2D eigenvalue weighted by Gasteiger charge is 2.46. The summed E-state index contributed by atoms with van der Waals surface area (Å²) in [5.41, 5.74) is 5.88. The number of aliphatic carboxylic acids is 1. The van der Waals surface area contributed by atoms with E-state index in [0.717, 1.165) is 18.4 Å². The lowest BCUT2D eigenvalue weighted by molar-refractivity contribution is -0.146. The van der Waals surface area contributed by atoms with Gasteiger partial charge in [-0.15, -0.1) is 0 Å². The zero-order valence-corrected chi connectivity index (χ0v) is 9.40. The molecule has 0 aromatic carbocycles. The van der Waals surface area contributed by atoms with Gasteiger partial charge in [-0.2, -0.15) is 0 Å². The topological polar surface area (TPSA) is 76.5 Å². The SMILES string of the molecule is Cc1ccoc1C1(C(=O)O)CCC(N)CC1. The van der Waals surface area contributed by atoms with Crippen LogP contribution in [0.25, 0.3) is 0 Å². The summed E-state index contributed by atoms with van der Waals surface area (Å²) in [5, 5.41) is 9.47. The summed E-state index contributed by atoms with van der Waals surface area (Å²) in [5.74, 6) is -0.190. The number of aryl methyl sites for hydroxylation is 1. The second kappa shape index (κ2) is 3.94. The zero-order chi connectivity index (χ0) is 11.8. The van der Waals surface area contributed by atoms with Crippen LogP contribution < -0.4 is 5.73 Å². The summed E-state index contributed by atoms with van der Waals surface area (Å²) < 4.78 is 5.38. The van der Waals surface area contributed by atoms with Gasteiger partial charge in [-0.1, -0.05) is 0 Å². The van der Waals surface area contributed by atoms with E-state index in [1.54, 1.807) is 6.26 Å². The highest BCUT2D eigenvalue weighted by Crippen LogP contribution is 2.41. The Balaban J connectivity index is 2.37. The quantitative estimate of drug-likeness (QED) is 0.801. The van der Waals surface area contributed by atoms with E-state index in [9.17, 15) is 9.90 Å². The Bertz CT molecular complexity index is 389. The molecule has 4 nitrogen and oxygen atoms in total. The molecule has 4 heteroatoms. The van der Waals surface area contributed by atoms with Gasteiger partial charge in [0.2, 0.25) is 0 Å². The molecular formula is C12H17NO3. The van der Waals surface area contributed by atoms with Crippen LogP contribution in [0.15, 0.2) is 16.7 Å². The first-order chi connectivity index (χ1) is 7.56. The minimum atomic E-state index is -0.858. The first kappa shape index (κ1) is 11.2. The van der Waals surface area contributed by atoms with Crippen molar-refractivity contribution in [3.05, 3.63) is 23.7 Å². The number of nitrogens with two attached hydrogens (primary N) is 1. The van der Waals surface area contributed by atoms with Gasteiger partial charge in [0.15, 0.2) is 0 Å². The molecule has 0 bridgehead atoms. The molecule has 0 saturated heterocycles. The minimum Gasteiger partial charge on any atom is -0.480 e. The van der Waals surface area contributed by atoms with E-state index in [4.69, 9.17) is 10.2 Å². The van der Waals surface area contributed by atoms with Gasteiger partial charge in [0, 0.05) is 6.04 Å². The first-order valence-electron chi connectivity index (χ1n) is 5.60. The fourth-order valence-electron chi connectivity index (χ4n) is 2.53. The summed E-state index contributed by atoms with van der Waals surface area (Å²) in [4.78, 5) is 11.5. The molecule has 1 saturated carbocycles. The maximum absolute atomic E-state index is 11.5. The number of carboxylic acids is 1. The van der Waals surface area contributed by atoms with Crippen LogP contribution in [0.1, 0.15) is 37.0 Å². The maximum atomic E-state index is 11.5. The van der Waals surface area contributed by atoms with Gasteiger partial charge in [-0.25, -0.2) is 0 Å². The van der Waals surface area contributed by atoms with E-state index in [0.29, 0.717) is 18.6 Å². The molecule has 1 aromatic heterocycles. The maximum Gasteiger partial charge on any atom is 0.317 e. The van der Waals surface area contributed by atoms with Crippen molar-refractivity contribution >= 4 is 5.97 Å². The van der Waals surface area contributed by atoms with Crippen LogP contribution in [0, 0.1) is 6.92 Å². The van der Waals surface area contributed by atoms with Crippen molar-refractivity contribution < 1.29 is 14.3 Å². The third kappa shape index (κ3) is 1.63. The zero-order valence-electron chi connectivity index (χ0n) is 9.40. The molecule has 0 amide bonds. The second-order valence-electron chi connectivity index (χ2n) is 4.66. The molecule has 3 N–H and O–H groups in total. The number of carboxylic acid groups (broad SMARTS) is 1. The molecule has 0 atom stereocenters. The fraction of sp³-hybridized carbons (Fsp3) is 0.583. The first-order valence-corrected chi connectivity index (χ1v) is 5.60. The molecule has 88 valence electrons. The molecule has 1 aliphatic rings. The summed E-state index contributed by atoms with van der Waals surface area (Å²) in [6.07, 6.45) is 4.18.